The maximum atomic E-state index is 12.5. The van der Waals surface area contributed by atoms with Crippen molar-refractivity contribution in [1.29, 1.82) is 0 Å². The summed E-state index contributed by atoms with van der Waals surface area (Å²) in [7, 11) is -3.25. The molecule has 0 spiro atoms. The highest BCUT2D eigenvalue weighted by atomic mass is 32.2. The van der Waals surface area contributed by atoms with Crippen LogP contribution in [0.4, 0.5) is 5.69 Å². The Morgan fingerprint density at radius 2 is 2.04 bits per heavy atom. The highest BCUT2D eigenvalue weighted by Crippen LogP contribution is 2.34. The molecule has 2 bridgehead atoms. The molecule has 2 heterocycles. The zero-order valence-electron chi connectivity index (χ0n) is 13.1. The number of carbonyl (C=O) groups is 1. The van der Waals surface area contributed by atoms with Crippen LogP contribution in [0.25, 0.3) is 0 Å². The van der Waals surface area contributed by atoms with Crippen LogP contribution in [-0.4, -0.2) is 49.7 Å². The van der Waals surface area contributed by atoms with Crippen molar-refractivity contribution >= 4 is 21.6 Å². The van der Waals surface area contributed by atoms with E-state index < -0.39 is 10.0 Å². The highest BCUT2D eigenvalue weighted by Gasteiger charge is 2.47. The van der Waals surface area contributed by atoms with Gasteiger partial charge in [-0.3, -0.25) is 4.79 Å². The molecular weight excluding hydrogens is 316 g/mol. The van der Waals surface area contributed by atoms with Gasteiger partial charge in [0.2, 0.25) is 15.9 Å². The highest BCUT2D eigenvalue weighted by molar-refractivity contribution is 7.89. The lowest BCUT2D eigenvalue weighted by atomic mass is 9.99. The fourth-order valence-electron chi connectivity index (χ4n) is 3.27. The Morgan fingerprint density at radius 1 is 1.30 bits per heavy atom. The van der Waals surface area contributed by atoms with Crippen LogP contribution in [0.3, 0.4) is 0 Å². The first-order chi connectivity index (χ1) is 11.0. The van der Waals surface area contributed by atoms with Crippen molar-refractivity contribution in [3.63, 3.8) is 0 Å². The van der Waals surface area contributed by atoms with Gasteiger partial charge in [0.05, 0.1) is 23.9 Å². The number of fused-ring (bicyclic) bond motifs is 2. The molecule has 2 aliphatic heterocycles. The summed E-state index contributed by atoms with van der Waals surface area (Å²) in [6, 6.07) is 9.27. The van der Waals surface area contributed by atoms with Crippen LogP contribution < -0.4 is 5.32 Å². The zero-order chi connectivity index (χ0) is 16.4. The van der Waals surface area contributed by atoms with E-state index in [0.717, 1.165) is 5.69 Å². The second kappa shape index (κ2) is 6.59. The third kappa shape index (κ3) is 3.57. The smallest absolute Gasteiger partial charge is 0.230 e. The van der Waals surface area contributed by atoms with Gasteiger partial charge in [0, 0.05) is 18.8 Å². The second-order valence-electron chi connectivity index (χ2n) is 6.13. The fraction of sp³-hybridized carbons (Fsp3) is 0.562. The van der Waals surface area contributed by atoms with Crippen LogP contribution in [0.2, 0.25) is 0 Å². The Bertz CT molecular complexity index is 662. The number of hydrogen-bond donors (Lipinski definition) is 1. The van der Waals surface area contributed by atoms with Gasteiger partial charge in [0.25, 0.3) is 0 Å². The maximum absolute atomic E-state index is 12.5. The lowest BCUT2D eigenvalue weighted by Crippen LogP contribution is -2.48. The first-order valence-corrected chi connectivity index (χ1v) is 9.59. The van der Waals surface area contributed by atoms with Crippen molar-refractivity contribution in [3.05, 3.63) is 30.3 Å². The Kier molecular flexibility index (Phi) is 4.70. The minimum absolute atomic E-state index is 0.0987. The third-order valence-corrected chi connectivity index (χ3v) is 6.37. The Labute approximate surface area is 136 Å². The summed E-state index contributed by atoms with van der Waals surface area (Å²) in [6.45, 7) is 2.47. The number of anilines is 1. The van der Waals surface area contributed by atoms with Crippen LogP contribution in [0.5, 0.6) is 0 Å². The minimum Gasteiger partial charge on any atom is -0.371 e. The number of benzene rings is 1. The molecule has 1 aromatic carbocycles. The minimum atomic E-state index is -3.25. The van der Waals surface area contributed by atoms with Gasteiger partial charge in [0.1, 0.15) is 0 Å². The Morgan fingerprint density at radius 3 is 2.74 bits per heavy atom. The third-order valence-electron chi connectivity index (χ3n) is 4.36. The van der Waals surface area contributed by atoms with E-state index in [-0.39, 0.29) is 36.3 Å². The molecule has 2 fully saturated rings. The van der Waals surface area contributed by atoms with E-state index in [1.54, 1.807) is 0 Å². The Balaban J connectivity index is 1.67. The number of ether oxygens (including phenoxy) is 1. The van der Waals surface area contributed by atoms with Crippen LogP contribution in [0, 0.1) is 5.92 Å². The Hall–Kier alpha value is -1.44. The van der Waals surface area contributed by atoms with Crippen LogP contribution in [-0.2, 0) is 19.6 Å². The van der Waals surface area contributed by atoms with E-state index >= 15 is 0 Å². The van der Waals surface area contributed by atoms with E-state index in [2.05, 4.69) is 5.32 Å². The van der Waals surface area contributed by atoms with Crippen LogP contribution in [0.1, 0.15) is 19.8 Å². The predicted molar refractivity (Wildman–Crippen MR) is 87.5 cm³/mol. The monoisotopic (exact) mass is 338 g/mol. The standard InChI is InChI=1S/C16H22N2O4S/c1-2-8-23(20,21)18-10-13-9-14(15(11-18)22-13)16(19)17-12-6-4-3-5-7-12/h3-7,13-15H,2,8-11H2,1H3,(H,17,19)/t13-,14+,15-/m0/s1. The molecule has 0 aliphatic carbocycles. The lowest BCUT2D eigenvalue weighted by Gasteiger charge is -2.31. The molecule has 0 unspecified atom stereocenters. The molecule has 3 rings (SSSR count). The SMILES string of the molecule is CCCS(=O)(=O)N1C[C@@H]2C[C@@H](C(=O)Nc3ccccc3)[C@H](C1)O2. The maximum Gasteiger partial charge on any atom is 0.230 e. The van der Waals surface area contributed by atoms with E-state index in [1.807, 2.05) is 37.3 Å². The molecule has 23 heavy (non-hydrogen) atoms. The average molecular weight is 338 g/mol. The molecule has 3 atom stereocenters. The summed E-state index contributed by atoms with van der Waals surface area (Å²) in [6.07, 6.45) is 0.616. The largest absolute Gasteiger partial charge is 0.371 e. The molecule has 1 N–H and O–H groups in total. The van der Waals surface area contributed by atoms with Crippen molar-refractivity contribution in [1.82, 2.24) is 4.31 Å². The first-order valence-electron chi connectivity index (χ1n) is 7.99. The van der Waals surface area contributed by atoms with E-state index in [9.17, 15) is 13.2 Å². The fourth-order valence-corrected chi connectivity index (χ4v) is 4.81. The number of rotatable bonds is 5. The van der Waals surface area contributed by atoms with Crippen LogP contribution >= 0.6 is 0 Å². The molecule has 2 aliphatic rings. The van der Waals surface area contributed by atoms with Gasteiger partial charge >= 0.3 is 0 Å². The number of sulfonamides is 1. The van der Waals surface area contributed by atoms with Gasteiger partial charge in [-0.25, -0.2) is 8.42 Å². The van der Waals surface area contributed by atoms with Crippen molar-refractivity contribution in [3.8, 4) is 0 Å². The summed E-state index contributed by atoms with van der Waals surface area (Å²) in [4.78, 5) is 12.5. The van der Waals surface area contributed by atoms with Gasteiger partial charge in [-0.2, -0.15) is 4.31 Å². The molecule has 126 valence electrons. The van der Waals surface area contributed by atoms with Gasteiger partial charge < -0.3 is 10.1 Å². The molecule has 0 saturated carbocycles. The van der Waals surface area contributed by atoms with Gasteiger partial charge in [0.15, 0.2) is 0 Å². The zero-order valence-corrected chi connectivity index (χ0v) is 14.0. The van der Waals surface area contributed by atoms with E-state index in [1.165, 1.54) is 4.31 Å². The first kappa shape index (κ1) is 16.4. The van der Waals surface area contributed by atoms with Crippen molar-refractivity contribution in [2.24, 2.45) is 5.92 Å². The van der Waals surface area contributed by atoms with Gasteiger partial charge in [-0.05, 0) is 25.0 Å². The quantitative estimate of drug-likeness (QED) is 0.882. The second-order valence-corrected chi connectivity index (χ2v) is 8.22. The van der Waals surface area contributed by atoms with Crippen LogP contribution in [0.15, 0.2) is 30.3 Å². The van der Waals surface area contributed by atoms with E-state index in [0.29, 0.717) is 19.4 Å². The number of hydrogen-bond acceptors (Lipinski definition) is 4. The number of para-hydroxylation sites is 1. The normalized spacial score (nSPS) is 27.8. The predicted octanol–water partition coefficient (Wildman–Crippen LogP) is 1.45. The van der Waals surface area contributed by atoms with Gasteiger partial charge in [-0.1, -0.05) is 25.1 Å². The average Bonchev–Trinajstić information content (AvgIpc) is 2.82. The summed E-state index contributed by atoms with van der Waals surface area (Å²) in [5.41, 5.74) is 0.745. The number of carbonyl (C=O) groups excluding carboxylic acids is 1. The summed E-state index contributed by atoms with van der Waals surface area (Å²) in [5.74, 6) is -0.256. The molecule has 1 amide bonds. The summed E-state index contributed by atoms with van der Waals surface area (Å²) < 4.78 is 31.8. The summed E-state index contributed by atoms with van der Waals surface area (Å²) >= 11 is 0. The molecule has 0 aromatic heterocycles. The summed E-state index contributed by atoms with van der Waals surface area (Å²) in [5, 5.41) is 2.89. The van der Waals surface area contributed by atoms with Crippen molar-refractivity contribution in [2.45, 2.75) is 32.0 Å². The lowest BCUT2D eigenvalue weighted by molar-refractivity contribution is -0.122. The molecule has 2 saturated heterocycles. The van der Waals surface area contributed by atoms with Crippen molar-refractivity contribution in [2.75, 3.05) is 24.2 Å². The number of amides is 1. The molecule has 0 radical (unpaired) electrons. The molecule has 6 nitrogen and oxygen atoms in total. The number of nitrogens with one attached hydrogen (secondary N) is 1. The molecule has 1 aromatic rings. The van der Waals surface area contributed by atoms with E-state index in [4.69, 9.17) is 4.74 Å². The molecule has 7 heteroatoms. The number of nitrogens with zero attached hydrogens (tertiary/aromatic N) is 1. The topological polar surface area (TPSA) is 75.7 Å². The molecular formula is C16H22N2O4S. The number of morpholine rings is 1. The van der Waals surface area contributed by atoms with Gasteiger partial charge in [-0.15, -0.1) is 0 Å². The van der Waals surface area contributed by atoms with Crippen molar-refractivity contribution < 1.29 is 17.9 Å².